The van der Waals surface area contributed by atoms with E-state index < -0.39 is 17.6 Å². The monoisotopic (exact) mass is 394 g/mol. The Bertz CT molecular complexity index is 848. The molecular formula is C21H25F3N2O2. The normalized spacial score (nSPS) is 11.9. The Hall–Kier alpha value is -2.54. The van der Waals surface area contributed by atoms with Crippen LogP contribution in [0, 0.1) is 6.92 Å². The van der Waals surface area contributed by atoms with Crippen LogP contribution in [0.25, 0.3) is 0 Å². The van der Waals surface area contributed by atoms with Crippen molar-refractivity contribution in [1.82, 2.24) is 4.90 Å². The van der Waals surface area contributed by atoms with Gasteiger partial charge in [-0.3, -0.25) is 9.69 Å². The largest absolute Gasteiger partial charge is 0.508 e. The summed E-state index contributed by atoms with van der Waals surface area (Å²) in [4.78, 5) is 13.9. The average Bonchev–Trinajstić information content (AvgIpc) is 2.56. The Kier molecular flexibility index (Phi) is 6.72. The van der Waals surface area contributed by atoms with Crippen molar-refractivity contribution in [3.05, 3.63) is 58.7 Å². The molecule has 0 aliphatic heterocycles. The van der Waals surface area contributed by atoms with Crippen LogP contribution in [0.15, 0.2) is 36.4 Å². The first kappa shape index (κ1) is 21.8. The molecule has 2 rings (SSSR count). The number of likely N-dealkylation sites (N-methyl/N-ethyl adjacent to an activating group) is 1. The third-order valence-electron chi connectivity index (χ3n) is 4.45. The summed E-state index contributed by atoms with van der Waals surface area (Å²) in [6, 6.07) is 8.46. The first-order valence-electron chi connectivity index (χ1n) is 8.96. The van der Waals surface area contributed by atoms with Gasteiger partial charge in [0.25, 0.3) is 0 Å². The van der Waals surface area contributed by atoms with E-state index in [9.17, 15) is 23.1 Å². The van der Waals surface area contributed by atoms with Crippen molar-refractivity contribution >= 4 is 11.6 Å². The molecule has 0 unspecified atom stereocenters. The van der Waals surface area contributed by atoms with E-state index in [1.807, 2.05) is 13.0 Å². The second kappa shape index (κ2) is 8.65. The summed E-state index contributed by atoms with van der Waals surface area (Å²) < 4.78 is 39.1. The van der Waals surface area contributed by atoms with Crippen LogP contribution >= 0.6 is 0 Å². The molecule has 2 aromatic rings. The van der Waals surface area contributed by atoms with Gasteiger partial charge in [0.05, 0.1) is 17.8 Å². The lowest BCUT2D eigenvalue weighted by atomic mass is 9.95. The molecule has 2 N–H and O–H groups in total. The molecule has 0 aromatic heterocycles. The molecule has 7 heteroatoms. The highest BCUT2D eigenvalue weighted by atomic mass is 19.4. The molecular weight excluding hydrogens is 369 g/mol. The number of para-hydroxylation sites is 1. The number of anilines is 1. The Morgan fingerprint density at radius 2 is 1.86 bits per heavy atom. The Morgan fingerprint density at radius 3 is 2.46 bits per heavy atom. The summed E-state index contributed by atoms with van der Waals surface area (Å²) in [5, 5.41) is 12.5. The number of benzene rings is 2. The van der Waals surface area contributed by atoms with Crippen LogP contribution in [0.5, 0.6) is 5.75 Å². The van der Waals surface area contributed by atoms with Gasteiger partial charge in [0, 0.05) is 12.1 Å². The number of carbonyl (C=O) groups excluding carboxylic acids is 1. The third kappa shape index (κ3) is 5.48. The minimum atomic E-state index is -4.54. The summed E-state index contributed by atoms with van der Waals surface area (Å²) in [5.74, 6) is -0.140. The number of nitrogens with one attached hydrogen (secondary N) is 1. The molecule has 0 saturated carbocycles. The fraction of sp³-hybridized carbons (Fsp3) is 0.381. The van der Waals surface area contributed by atoms with Crippen LogP contribution < -0.4 is 5.32 Å². The number of aryl methyl sites for hydroxylation is 1. The number of alkyl halides is 3. The molecule has 0 saturated heterocycles. The lowest BCUT2D eigenvalue weighted by Gasteiger charge is -2.20. The number of phenols is 1. The van der Waals surface area contributed by atoms with Gasteiger partial charge in [-0.1, -0.05) is 32.0 Å². The second-order valence-corrected chi connectivity index (χ2v) is 7.26. The van der Waals surface area contributed by atoms with E-state index in [2.05, 4.69) is 19.2 Å². The second-order valence-electron chi connectivity index (χ2n) is 7.26. The Morgan fingerprint density at radius 1 is 1.21 bits per heavy atom. The van der Waals surface area contributed by atoms with Gasteiger partial charge in [0.1, 0.15) is 5.75 Å². The topological polar surface area (TPSA) is 52.6 Å². The standard InChI is InChI=1S/C21H25F3N2O2/c1-13(2)16-10-15(19(27)9-14(16)3)11-26(4)12-20(28)25-18-8-6-5-7-17(18)21(22,23)24/h5-10,13,27H,11-12H2,1-4H3,(H,25,28). The van der Waals surface area contributed by atoms with Crippen LogP contribution in [-0.4, -0.2) is 29.5 Å². The van der Waals surface area contributed by atoms with Crippen LogP contribution in [0.3, 0.4) is 0 Å². The van der Waals surface area contributed by atoms with E-state index in [-0.39, 0.29) is 23.9 Å². The van der Waals surface area contributed by atoms with Gasteiger partial charge in [0.15, 0.2) is 0 Å². The molecule has 0 heterocycles. The molecule has 0 bridgehead atoms. The number of amides is 1. The van der Waals surface area contributed by atoms with E-state index in [4.69, 9.17) is 0 Å². The predicted octanol–water partition coefficient (Wildman–Crippen LogP) is 4.91. The van der Waals surface area contributed by atoms with E-state index >= 15 is 0 Å². The molecule has 28 heavy (non-hydrogen) atoms. The number of rotatable bonds is 6. The summed E-state index contributed by atoms with van der Waals surface area (Å²) in [7, 11) is 1.67. The molecule has 0 aliphatic carbocycles. The summed E-state index contributed by atoms with van der Waals surface area (Å²) in [6.07, 6.45) is -4.54. The van der Waals surface area contributed by atoms with Crippen molar-refractivity contribution < 1.29 is 23.1 Å². The van der Waals surface area contributed by atoms with Crippen LogP contribution in [0.4, 0.5) is 18.9 Å². The zero-order valence-electron chi connectivity index (χ0n) is 16.4. The number of halogens is 3. The number of nitrogens with zero attached hydrogens (tertiary/aromatic N) is 1. The first-order valence-corrected chi connectivity index (χ1v) is 8.96. The maximum absolute atomic E-state index is 13.0. The molecule has 2 aromatic carbocycles. The maximum atomic E-state index is 13.0. The molecule has 1 amide bonds. The van der Waals surface area contributed by atoms with Crippen molar-refractivity contribution in [3.8, 4) is 5.75 Å². The lowest BCUT2D eigenvalue weighted by molar-refractivity contribution is -0.137. The predicted molar refractivity (Wildman–Crippen MR) is 103 cm³/mol. The highest BCUT2D eigenvalue weighted by Crippen LogP contribution is 2.34. The summed E-state index contributed by atoms with van der Waals surface area (Å²) in [6.45, 7) is 6.21. The van der Waals surface area contributed by atoms with Crippen LogP contribution in [0.2, 0.25) is 0 Å². The van der Waals surface area contributed by atoms with Gasteiger partial charge in [-0.2, -0.15) is 13.2 Å². The highest BCUT2D eigenvalue weighted by Gasteiger charge is 2.33. The zero-order chi connectivity index (χ0) is 21.1. The fourth-order valence-corrected chi connectivity index (χ4v) is 3.13. The van der Waals surface area contributed by atoms with E-state index in [0.29, 0.717) is 12.1 Å². The summed E-state index contributed by atoms with van der Waals surface area (Å²) >= 11 is 0. The summed E-state index contributed by atoms with van der Waals surface area (Å²) in [5.41, 5.74) is 1.60. The zero-order valence-corrected chi connectivity index (χ0v) is 16.4. The maximum Gasteiger partial charge on any atom is 0.418 e. The minimum Gasteiger partial charge on any atom is -0.508 e. The van der Waals surface area contributed by atoms with Crippen molar-refractivity contribution in [1.29, 1.82) is 0 Å². The minimum absolute atomic E-state index is 0.115. The van der Waals surface area contributed by atoms with Crippen molar-refractivity contribution in [2.75, 3.05) is 18.9 Å². The molecule has 0 spiro atoms. The van der Waals surface area contributed by atoms with Crippen molar-refractivity contribution in [3.63, 3.8) is 0 Å². The van der Waals surface area contributed by atoms with Crippen molar-refractivity contribution in [2.24, 2.45) is 0 Å². The smallest absolute Gasteiger partial charge is 0.418 e. The fourth-order valence-electron chi connectivity index (χ4n) is 3.13. The lowest BCUT2D eigenvalue weighted by Crippen LogP contribution is -2.30. The molecule has 0 radical (unpaired) electrons. The van der Waals surface area contributed by atoms with Gasteiger partial charge >= 0.3 is 6.18 Å². The van der Waals surface area contributed by atoms with Gasteiger partial charge in [-0.15, -0.1) is 0 Å². The number of aromatic hydroxyl groups is 1. The van der Waals surface area contributed by atoms with Gasteiger partial charge in [-0.25, -0.2) is 0 Å². The van der Waals surface area contributed by atoms with Crippen LogP contribution in [-0.2, 0) is 17.5 Å². The van der Waals surface area contributed by atoms with Gasteiger partial charge < -0.3 is 10.4 Å². The Balaban J connectivity index is 2.08. The Labute approximate surface area is 163 Å². The number of phenolic OH excluding ortho intramolecular Hbond substituents is 1. The molecule has 152 valence electrons. The highest BCUT2D eigenvalue weighted by molar-refractivity contribution is 5.93. The average molecular weight is 394 g/mol. The van der Waals surface area contributed by atoms with E-state index in [1.165, 1.54) is 18.2 Å². The molecule has 0 fully saturated rings. The third-order valence-corrected chi connectivity index (χ3v) is 4.45. The van der Waals surface area contributed by atoms with Gasteiger partial charge in [-0.05, 0) is 49.2 Å². The number of hydrogen-bond acceptors (Lipinski definition) is 3. The van der Waals surface area contributed by atoms with Crippen LogP contribution in [0.1, 0.15) is 42.0 Å². The quantitative estimate of drug-likeness (QED) is 0.732. The van der Waals surface area contributed by atoms with Gasteiger partial charge in [0.2, 0.25) is 5.91 Å². The van der Waals surface area contributed by atoms with E-state index in [1.54, 1.807) is 18.0 Å². The first-order chi connectivity index (χ1) is 13.0. The number of hydrogen-bond donors (Lipinski definition) is 2. The molecule has 0 atom stereocenters. The SMILES string of the molecule is Cc1cc(O)c(CN(C)CC(=O)Nc2ccccc2C(F)(F)F)cc1C(C)C. The van der Waals surface area contributed by atoms with E-state index in [0.717, 1.165) is 17.2 Å². The molecule has 4 nitrogen and oxygen atoms in total. The van der Waals surface area contributed by atoms with Crippen molar-refractivity contribution in [2.45, 2.75) is 39.4 Å². The number of carbonyl (C=O) groups is 1. The molecule has 0 aliphatic rings.